The van der Waals surface area contributed by atoms with Crippen molar-refractivity contribution in [3.8, 4) is 0 Å². The molecule has 30 heavy (non-hydrogen) atoms. The SMILES string of the molecule is CCC(CO)(CO)CO.CCCCCCCCCC(=O)O.O=C(O)CCCC(=O)O. The lowest BCUT2D eigenvalue weighted by atomic mass is 9.88. The first-order chi connectivity index (χ1) is 14.1. The van der Waals surface area contributed by atoms with E-state index in [0.717, 1.165) is 12.8 Å². The van der Waals surface area contributed by atoms with Crippen LogP contribution in [0.25, 0.3) is 0 Å². The van der Waals surface area contributed by atoms with E-state index < -0.39 is 23.3 Å². The van der Waals surface area contributed by atoms with E-state index >= 15 is 0 Å². The Morgan fingerprint density at radius 1 is 0.567 bits per heavy atom. The Morgan fingerprint density at radius 3 is 1.17 bits per heavy atom. The van der Waals surface area contributed by atoms with Crippen molar-refractivity contribution in [3.05, 3.63) is 0 Å². The van der Waals surface area contributed by atoms with Gasteiger partial charge >= 0.3 is 17.9 Å². The zero-order chi connectivity index (χ0) is 23.8. The normalized spacial score (nSPS) is 10.3. The van der Waals surface area contributed by atoms with Gasteiger partial charge in [-0.3, -0.25) is 14.4 Å². The van der Waals surface area contributed by atoms with Crippen molar-refractivity contribution < 1.29 is 45.0 Å². The van der Waals surface area contributed by atoms with E-state index in [2.05, 4.69) is 6.92 Å². The third-order valence-corrected chi connectivity index (χ3v) is 4.53. The first-order valence-electron chi connectivity index (χ1n) is 10.6. The summed E-state index contributed by atoms with van der Waals surface area (Å²) in [5, 5.41) is 50.4. The number of aliphatic hydroxyl groups excluding tert-OH is 3. The van der Waals surface area contributed by atoms with Gasteiger partial charge in [-0.1, -0.05) is 52.4 Å². The minimum Gasteiger partial charge on any atom is -0.481 e. The second-order valence-corrected chi connectivity index (χ2v) is 7.23. The lowest BCUT2D eigenvalue weighted by molar-refractivity contribution is -0.139. The first-order valence-corrected chi connectivity index (χ1v) is 10.6. The zero-order valence-corrected chi connectivity index (χ0v) is 18.5. The maximum absolute atomic E-state index is 10.1. The second-order valence-electron chi connectivity index (χ2n) is 7.23. The minimum atomic E-state index is -0.948. The van der Waals surface area contributed by atoms with Crippen LogP contribution in [0.1, 0.15) is 90.9 Å². The average Bonchev–Trinajstić information content (AvgIpc) is 2.70. The van der Waals surface area contributed by atoms with Gasteiger partial charge in [0.25, 0.3) is 0 Å². The van der Waals surface area contributed by atoms with Crippen LogP contribution in [0.2, 0.25) is 0 Å². The van der Waals surface area contributed by atoms with Gasteiger partial charge in [0.2, 0.25) is 0 Å². The summed E-state index contributed by atoms with van der Waals surface area (Å²) < 4.78 is 0. The lowest BCUT2D eigenvalue weighted by Crippen LogP contribution is -2.32. The molecule has 9 nitrogen and oxygen atoms in total. The topological polar surface area (TPSA) is 173 Å². The Kier molecular flexibility index (Phi) is 25.9. The molecule has 0 heterocycles. The van der Waals surface area contributed by atoms with Crippen LogP contribution >= 0.6 is 0 Å². The molecule has 0 aliphatic rings. The highest BCUT2D eigenvalue weighted by molar-refractivity contribution is 5.69. The molecular formula is C21H42O9. The summed E-state index contributed by atoms with van der Waals surface area (Å²) >= 11 is 0. The number of hydrogen-bond acceptors (Lipinski definition) is 6. The number of carboxylic acid groups (broad SMARTS) is 3. The highest BCUT2D eigenvalue weighted by Crippen LogP contribution is 2.18. The molecule has 0 aliphatic heterocycles. The fraction of sp³-hybridized carbons (Fsp3) is 0.857. The van der Waals surface area contributed by atoms with E-state index in [1.807, 2.05) is 6.92 Å². The van der Waals surface area contributed by atoms with E-state index in [0.29, 0.717) is 12.8 Å². The van der Waals surface area contributed by atoms with Crippen LogP contribution in [-0.2, 0) is 14.4 Å². The lowest BCUT2D eigenvalue weighted by Gasteiger charge is -2.24. The van der Waals surface area contributed by atoms with E-state index in [1.165, 1.54) is 32.1 Å². The van der Waals surface area contributed by atoms with Crippen LogP contribution in [0.3, 0.4) is 0 Å². The standard InChI is InChI=1S/C10H20O2.C6H14O3.C5H8O4/c1-2-3-4-5-6-7-8-9-10(11)12;1-2-6(3-7,4-8)5-9;6-4(7)2-1-3-5(8)9/h2-9H2,1H3,(H,11,12);7-9H,2-5H2,1H3;1-3H2,(H,6,7)(H,8,9). The Balaban J connectivity index is -0.000000371. The Hall–Kier alpha value is -1.71. The van der Waals surface area contributed by atoms with Crippen LogP contribution in [0.4, 0.5) is 0 Å². The van der Waals surface area contributed by atoms with Crippen LogP contribution < -0.4 is 0 Å². The number of rotatable bonds is 16. The Morgan fingerprint density at radius 2 is 0.900 bits per heavy atom. The molecular weight excluding hydrogens is 396 g/mol. The van der Waals surface area contributed by atoms with Crippen LogP contribution in [-0.4, -0.2) is 68.4 Å². The molecule has 0 amide bonds. The van der Waals surface area contributed by atoms with Crippen molar-refractivity contribution in [2.75, 3.05) is 19.8 Å². The average molecular weight is 439 g/mol. The van der Waals surface area contributed by atoms with E-state index in [9.17, 15) is 14.4 Å². The third-order valence-electron chi connectivity index (χ3n) is 4.53. The third kappa shape index (κ3) is 26.3. The van der Waals surface area contributed by atoms with Gasteiger partial charge in [-0.15, -0.1) is 0 Å². The maximum atomic E-state index is 10.1. The van der Waals surface area contributed by atoms with Gasteiger partial charge in [0.15, 0.2) is 0 Å². The van der Waals surface area contributed by atoms with Crippen molar-refractivity contribution in [1.82, 2.24) is 0 Å². The smallest absolute Gasteiger partial charge is 0.303 e. The van der Waals surface area contributed by atoms with Crippen molar-refractivity contribution >= 4 is 17.9 Å². The number of unbranched alkanes of at least 4 members (excludes halogenated alkanes) is 6. The largest absolute Gasteiger partial charge is 0.481 e. The highest BCUT2D eigenvalue weighted by atomic mass is 16.4. The van der Waals surface area contributed by atoms with E-state index in [1.54, 1.807) is 0 Å². The van der Waals surface area contributed by atoms with Crippen LogP contribution in [0.5, 0.6) is 0 Å². The number of carbonyl (C=O) groups is 3. The summed E-state index contributed by atoms with van der Waals surface area (Å²) in [5.41, 5.74) is -0.667. The molecule has 0 fully saturated rings. The second kappa shape index (κ2) is 23.6. The number of carboxylic acids is 3. The molecule has 180 valence electrons. The van der Waals surface area contributed by atoms with Gasteiger partial charge in [-0.05, 0) is 19.3 Å². The van der Waals surface area contributed by atoms with Crippen LogP contribution in [0.15, 0.2) is 0 Å². The van der Waals surface area contributed by atoms with E-state index in [4.69, 9.17) is 30.6 Å². The predicted molar refractivity (Wildman–Crippen MR) is 113 cm³/mol. The number of hydrogen-bond donors (Lipinski definition) is 6. The molecule has 0 atom stereocenters. The van der Waals surface area contributed by atoms with Crippen molar-refractivity contribution in [1.29, 1.82) is 0 Å². The molecule has 0 bridgehead atoms. The fourth-order valence-electron chi connectivity index (χ4n) is 2.11. The van der Waals surface area contributed by atoms with Gasteiger partial charge in [0.1, 0.15) is 0 Å². The monoisotopic (exact) mass is 438 g/mol. The molecule has 0 aromatic heterocycles. The Bertz CT molecular complexity index is 389. The fourth-order valence-corrected chi connectivity index (χ4v) is 2.11. The zero-order valence-electron chi connectivity index (χ0n) is 18.5. The Labute approximate surface area is 179 Å². The van der Waals surface area contributed by atoms with Gasteiger partial charge < -0.3 is 30.6 Å². The van der Waals surface area contributed by atoms with Crippen molar-refractivity contribution in [3.63, 3.8) is 0 Å². The van der Waals surface area contributed by atoms with Gasteiger partial charge in [0.05, 0.1) is 19.8 Å². The maximum Gasteiger partial charge on any atom is 0.303 e. The summed E-state index contributed by atoms with van der Waals surface area (Å²) in [6.45, 7) is 3.55. The molecule has 0 rings (SSSR count). The predicted octanol–water partition coefficient (Wildman–Crippen LogP) is 2.90. The molecule has 0 unspecified atom stereocenters. The molecule has 6 N–H and O–H groups in total. The summed E-state index contributed by atoms with van der Waals surface area (Å²) in [7, 11) is 0. The van der Waals surface area contributed by atoms with Crippen molar-refractivity contribution in [2.45, 2.75) is 90.9 Å². The molecule has 0 saturated heterocycles. The summed E-state index contributed by atoms with van der Waals surface area (Å²) in [5.74, 6) is -2.56. The number of aliphatic hydroxyl groups is 3. The number of aliphatic carboxylic acids is 3. The van der Waals surface area contributed by atoms with Gasteiger partial charge in [0, 0.05) is 24.7 Å². The summed E-state index contributed by atoms with van der Waals surface area (Å²) in [4.78, 5) is 29.7. The highest BCUT2D eigenvalue weighted by Gasteiger charge is 2.24. The summed E-state index contributed by atoms with van der Waals surface area (Å²) in [6.07, 6.45) is 9.32. The molecule has 0 aliphatic carbocycles. The van der Waals surface area contributed by atoms with E-state index in [-0.39, 0.29) is 39.1 Å². The molecule has 0 aromatic carbocycles. The van der Waals surface area contributed by atoms with Gasteiger partial charge in [-0.2, -0.15) is 0 Å². The molecule has 0 aromatic rings. The van der Waals surface area contributed by atoms with Crippen LogP contribution in [0, 0.1) is 5.41 Å². The molecule has 0 saturated carbocycles. The molecule has 0 spiro atoms. The van der Waals surface area contributed by atoms with Gasteiger partial charge in [-0.25, -0.2) is 0 Å². The molecule has 9 heteroatoms. The summed E-state index contributed by atoms with van der Waals surface area (Å²) in [6, 6.07) is 0. The van der Waals surface area contributed by atoms with Crippen molar-refractivity contribution in [2.24, 2.45) is 5.41 Å². The first kappa shape index (κ1) is 32.9. The minimum absolute atomic E-state index is 0.0632. The molecule has 0 radical (unpaired) electrons. The quantitative estimate of drug-likeness (QED) is 0.198.